The topological polar surface area (TPSA) is 102 Å². The second kappa shape index (κ2) is 10.2. The van der Waals surface area contributed by atoms with E-state index in [0.717, 1.165) is 66.8 Å². The second-order valence-electron chi connectivity index (χ2n) is 10.7. The predicted octanol–water partition coefficient (Wildman–Crippen LogP) is 5.58. The van der Waals surface area contributed by atoms with E-state index < -0.39 is 29.7 Å². The minimum atomic E-state index is -0.874. The molecule has 7 rings (SSSR count). The molecular formula is C30H30F2N6O2. The summed E-state index contributed by atoms with van der Waals surface area (Å²) in [6, 6.07) is 11.8. The van der Waals surface area contributed by atoms with Gasteiger partial charge in [0, 0.05) is 36.8 Å². The maximum Gasteiger partial charge on any atom is 0.258 e. The number of rotatable bonds is 4. The number of fused-ring (bicyclic) bond motifs is 3. The maximum absolute atomic E-state index is 14.8. The third-order valence-corrected chi connectivity index (χ3v) is 8.56. The van der Waals surface area contributed by atoms with E-state index >= 15 is 0 Å². The highest BCUT2D eigenvalue weighted by molar-refractivity contribution is 5.71. The van der Waals surface area contributed by atoms with Crippen molar-refractivity contribution in [3.63, 3.8) is 0 Å². The molecule has 4 heterocycles. The van der Waals surface area contributed by atoms with Crippen molar-refractivity contribution in [1.82, 2.24) is 15.1 Å². The molecule has 0 amide bonds. The molecule has 3 N–H and O–H groups in total. The third kappa shape index (κ3) is 4.27. The van der Waals surface area contributed by atoms with E-state index in [0.29, 0.717) is 30.5 Å². The fourth-order valence-electron chi connectivity index (χ4n) is 6.51. The van der Waals surface area contributed by atoms with Gasteiger partial charge in [-0.2, -0.15) is 0 Å². The lowest BCUT2D eigenvalue weighted by molar-refractivity contribution is 0.168. The number of nitrogens with zero attached hydrogens (tertiary/aromatic N) is 4. The molecule has 3 aliphatic rings. The van der Waals surface area contributed by atoms with Crippen LogP contribution in [0.4, 0.5) is 20.3 Å². The van der Waals surface area contributed by atoms with Gasteiger partial charge in [0.05, 0.1) is 23.6 Å². The van der Waals surface area contributed by atoms with Crippen LogP contribution in [0.3, 0.4) is 0 Å². The van der Waals surface area contributed by atoms with E-state index in [4.69, 9.17) is 15.0 Å². The van der Waals surface area contributed by atoms with Crippen LogP contribution >= 0.6 is 0 Å². The number of nitrogens with one attached hydrogen (secondary N) is 1. The van der Waals surface area contributed by atoms with Crippen molar-refractivity contribution in [3.8, 4) is 5.88 Å². The van der Waals surface area contributed by atoms with Crippen LogP contribution in [0.1, 0.15) is 71.9 Å². The van der Waals surface area contributed by atoms with Crippen molar-refractivity contribution < 1.29 is 18.0 Å². The van der Waals surface area contributed by atoms with E-state index in [1.807, 2.05) is 18.2 Å². The van der Waals surface area contributed by atoms with Gasteiger partial charge in [0.1, 0.15) is 11.9 Å². The van der Waals surface area contributed by atoms with E-state index in [1.54, 1.807) is 18.5 Å². The standard InChI is InChI=1S/C30H30F2N6O2/c31-22-6-1-4-18(26(22)32)19-11-13-25(28-21(27(19)33)5-2-14-34-28)39-30-20-10-8-17(9-12-24(20)40-37-30)38-16-36-29-23(38)7-3-15-35-29/h1-7,14-15,17,19,25,27H,8-13,16,33H2,(H,35,36)/t17-,19-,25+,27-/m0/s1. The fourth-order valence-corrected chi connectivity index (χ4v) is 6.51. The molecule has 0 fully saturated rings. The number of nitrogens with two attached hydrogens (primary N) is 1. The van der Waals surface area contributed by atoms with Crippen LogP contribution in [0, 0.1) is 11.6 Å². The SMILES string of the molecule is N[C@@H]1c2cccnc2[C@H](Oc2noc3c2CC[C@H](N2CNc4ncccc42)CC3)CC[C@H]1c1cccc(F)c1F. The largest absolute Gasteiger partial charge is 0.465 e. The highest BCUT2D eigenvalue weighted by Gasteiger charge is 2.36. The molecule has 8 nitrogen and oxygen atoms in total. The third-order valence-electron chi connectivity index (χ3n) is 8.56. The summed E-state index contributed by atoms with van der Waals surface area (Å²) in [4.78, 5) is 11.4. The Morgan fingerprint density at radius 3 is 2.70 bits per heavy atom. The highest BCUT2D eigenvalue weighted by atomic mass is 19.2. The maximum atomic E-state index is 14.8. The minimum Gasteiger partial charge on any atom is -0.465 e. The minimum absolute atomic E-state index is 0.275. The number of halogens is 2. The number of aromatic nitrogens is 3. The molecular weight excluding hydrogens is 514 g/mol. The summed E-state index contributed by atoms with van der Waals surface area (Å²) in [7, 11) is 0. The average Bonchev–Trinajstić information content (AvgIpc) is 3.47. The number of pyridine rings is 2. The fraction of sp³-hybridized carbons (Fsp3) is 0.367. The molecule has 0 bridgehead atoms. The van der Waals surface area contributed by atoms with Gasteiger partial charge in [-0.05, 0) is 72.7 Å². The van der Waals surface area contributed by atoms with Gasteiger partial charge in [-0.3, -0.25) is 4.98 Å². The monoisotopic (exact) mass is 544 g/mol. The lowest BCUT2D eigenvalue weighted by Gasteiger charge is -2.28. The van der Waals surface area contributed by atoms with E-state index in [9.17, 15) is 8.78 Å². The number of ether oxygens (including phenoxy) is 1. The molecule has 0 spiro atoms. The first kappa shape index (κ1) is 25.0. The first-order valence-electron chi connectivity index (χ1n) is 13.8. The molecule has 2 aliphatic carbocycles. The van der Waals surface area contributed by atoms with Crippen molar-refractivity contribution in [2.75, 3.05) is 16.9 Å². The lowest BCUT2D eigenvalue weighted by Crippen LogP contribution is -2.35. The van der Waals surface area contributed by atoms with Gasteiger partial charge < -0.3 is 25.2 Å². The average molecular weight is 545 g/mol. The Bertz CT molecular complexity index is 1540. The normalized spacial score (nSPS) is 23.8. The molecule has 0 saturated carbocycles. The van der Waals surface area contributed by atoms with Crippen LogP contribution in [0.2, 0.25) is 0 Å². The van der Waals surface area contributed by atoms with Crippen LogP contribution in [-0.4, -0.2) is 27.8 Å². The van der Waals surface area contributed by atoms with Crippen LogP contribution in [0.25, 0.3) is 0 Å². The van der Waals surface area contributed by atoms with Gasteiger partial charge in [-0.25, -0.2) is 13.8 Å². The summed E-state index contributed by atoms with van der Waals surface area (Å²) in [6.45, 7) is 0.734. The van der Waals surface area contributed by atoms with Crippen molar-refractivity contribution in [1.29, 1.82) is 0 Å². The zero-order valence-corrected chi connectivity index (χ0v) is 21.9. The predicted molar refractivity (Wildman–Crippen MR) is 145 cm³/mol. The molecule has 206 valence electrons. The molecule has 0 unspecified atom stereocenters. The Hall–Kier alpha value is -4.05. The van der Waals surface area contributed by atoms with Crippen LogP contribution in [0.5, 0.6) is 5.88 Å². The van der Waals surface area contributed by atoms with Gasteiger partial charge in [-0.15, -0.1) is 0 Å². The van der Waals surface area contributed by atoms with Crippen LogP contribution in [-0.2, 0) is 12.8 Å². The summed E-state index contributed by atoms with van der Waals surface area (Å²) in [5, 5.41) is 7.70. The summed E-state index contributed by atoms with van der Waals surface area (Å²) in [5.74, 6) is 0.0965. The molecule has 1 aliphatic heterocycles. The van der Waals surface area contributed by atoms with Gasteiger partial charge >= 0.3 is 0 Å². The zero-order valence-electron chi connectivity index (χ0n) is 21.9. The number of hydrogen-bond donors (Lipinski definition) is 2. The molecule has 0 saturated heterocycles. The molecule has 10 heteroatoms. The number of anilines is 2. The summed E-state index contributed by atoms with van der Waals surface area (Å²) >= 11 is 0. The van der Waals surface area contributed by atoms with Crippen molar-refractivity contribution >= 4 is 11.5 Å². The Balaban J connectivity index is 1.13. The van der Waals surface area contributed by atoms with Gasteiger partial charge in [0.2, 0.25) is 0 Å². The van der Waals surface area contributed by atoms with Gasteiger partial charge in [0.25, 0.3) is 5.88 Å². The zero-order chi connectivity index (χ0) is 27.2. The Morgan fingerprint density at radius 1 is 0.950 bits per heavy atom. The van der Waals surface area contributed by atoms with Crippen molar-refractivity contribution in [2.45, 2.75) is 62.6 Å². The first-order chi connectivity index (χ1) is 19.6. The van der Waals surface area contributed by atoms with E-state index in [-0.39, 0.29) is 5.56 Å². The lowest BCUT2D eigenvalue weighted by atomic mass is 9.86. The summed E-state index contributed by atoms with van der Waals surface area (Å²) in [5.41, 5.74) is 10.5. The molecule has 0 radical (unpaired) electrons. The smallest absolute Gasteiger partial charge is 0.258 e. The molecule has 1 aromatic carbocycles. The Morgan fingerprint density at radius 2 is 1.77 bits per heavy atom. The number of aryl methyl sites for hydroxylation is 1. The van der Waals surface area contributed by atoms with E-state index in [2.05, 4.69) is 31.4 Å². The van der Waals surface area contributed by atoms with Crippen molar-refractivity contribution in [2.24, 2.45) is 5.73 Å². The molecule has 4 aromatic rings. The number of benzene rings is 1. The van der Waals surface area contributed by atoms with Crippen LogP contribution in [0.15, 0.2) is 59.4 Å². The van der Waals surface area contributed by atoms with E-state index in [1.165, 1.54) is 6.07 Å². The quantitative estimate of drug-likeness (QED) is 0.321. The first-order valence-corrected chi connectivity index (χ1v) is 13.8. The van der Waals surface area contributed by atoms with Crippen LogP contribution < -0.4 is 20.7 Å². The van der Waals surface area contributed by atoms with Crippen molar-refractivity contribution in [3.05, 3.63) is 94.6 Å². The molecule has 40 heavy (non-hydrogen) atoms. The Kier molecular flexibility index (Phi) is 6.34. The summed E-state index contributed by atoms with van der Waals surface area (Å²) < 4.78 is 41.2. The van der Waals surface area contributed by atoms with Gasteiger partial charge in [-0.1, -0.05) is 18.2 Å². The highest BCUT2D eigenvalue weighted by Crippen LogP contribution is 2.44. The Labute approximate surface area is 230 Å². The number of hydrogen-bond acceptors (Lipinski definition) is 8. The summed E-state index contributed by atoms with van der Waals surface area (Å²) in [6.07, 6.45) is 7.46. The molecule has 4 atom stereocenters. The van der Waals surface area contributed by atoms with Gasteiger partial charge in [0.15, 0.2) is 17.5 Å². The molecule has 3 aromatic heterocycles. The second-order valence-corrected chi connectivity index (χ2v) is 10.7.